The van der Waals surface area contributed by atoms with Crippen molar-refractivity contribution >= 4 is 5.97 Å². The van der Waals surface area contributed by atoms with Crippen LogP contribution >= 0.6 is 0 Å². The fraction of sp³-hybridized carbons (Fsp3) is 0.889. The highest BCUT2D eigenvalue weighted by molar-refractivity contribution is 5.68. The minimum atomic E-state index is -0.608. The zero-order valence-corrected chi connectivity index (χ0v) is 6.68. The Morgan fingerprint density at radius 2 is 2.09 bits per heavy atom. The van der Waals surface area contributed by atoms with Gasteiger partial charge in [0.05, 0.1) is 6.42 Å². The Morgan fingerprint density at radius 1 is 1.45 bits per heavy atom. The number of aliphatic carboxylic acids is 1. The summed E-state index contributed by atoms with van der Waals surface area (Å²) in [5, 5.41) is 8.62. The predicted octanol–water partition coefficient (Wildman–Crippen LogP) is 2.04. The SMILES string of the molecule is O=C(O)CC1(CC2CC2)CC1. The lowest BCUT2D eigenvalue weighted by Crippen LogP contribution is -2.08. The molecular formula is C9H14O2. The van der Waals surface area contributed by atoms with Crippen LogP contribution in [0.15, 0.2) is 0 Å². The van der Waals surface area contributed by atoms with Crippen LogP contribution in [0.3, 0.4) is 0 Å². The van der Waals surface area contributed by atoms with Crippen molar-refractivity contribution in [3.63, 3.8) is 0 Å². The van der Waals surface area contributed by atoms with Crippen LogP contribution in [0.2, 0.25) is 0 Å². The molecule has 2 rings (SSSR count). The van der Waals surface area contributed by atoms with Crippen LogP contribution in [-0.4, -0.2) is 11.1 Å². The van der Waals surface area contributed by atoms with E-state index in [0.717, 1.165) is 18.8 Å². The van der Waals surface area contributed by atoms with Gasteiger partial charge in [0.15, 0.2) is 0 Å². The van der Waals surface area contributed by atoms with Gasteiger partial charge in [0.1, 0.15) is 0 Å². The largest absolute Gasteiger partial charge is 0.481 e. The molecule has 11 heavy (non-hydrogen) atoms. The summed E-state index contributed by atoms with van der Waals surface area (Å²) in [6.45, 7) is 0. The molecule has 1 N–H and O–H groups in total. The zero-order chi connectivity index (χ0) is 7.90. The molecular weight excluding hydrogens is 140 g/mol. The first-order valence-corrected chi connectivity index (χ1v) is 4.42. The molecule has 0 aromatic heterocycles. The van der Waals surface area contributed by atoms with E-state index in [4.69, 9.17) is 5.11 Å². The van der Waals surface area contributed by atoms with Crippen LogP contribution in [0.5, 0.6) is 0 Å². The standard InChI is InChI=1S/C9H14O2/c10-8(11)6-9(3-4-9)5-7-1-2-7/h7H,1-6H2,(H,10,11). The fourth-order valence-corrected chi connectivity index (χ4v) is 1.88. The van der Waals surface area contributed by atoms with E-state index in [1.54, 1.807) is 0 Å². The van der Waals surface area contributed by atoms with E-state index in [9.17, 15) is 4.79 Å². The van der Waals surface area contributed by atoms with E-state index in [2.05, 4.69) is 0 Å². The normalized spacial score (nSPS) is 26.5. The molecule has 2 saturated carbocycles. The lowest BCUT2D eigenvalue weighted by molar-refractivity contribution is -0.138. The molecule has 62 valence electrons. The van der Waals surface area contributed by atoms with E-state index < -0.39 is 5.97 Å². The topological polar surface area (TPSA) is 37.3 Å². The number of carbonyl (C=O) groups is 1. The number of rotatable bonds is 4. The maximum absolute atomic E-state index is 10.5. The Bertz CT molecular complexity index is 178. The van der Waals surface area contributed by atoms with E-state index in [1.165, 1.54) is 19.3 Å². The zero-order valence-electron chi connectivity index (χ0n) is 6.68. The molecule has 2 aliphatic carbocycles. The lowest BCUT2D eigenvalue weighted by Gasteiger charge is -2.09. The molecule has 0 aromatic carbocycles. The van der Waals surface area contributed by atoms with Crippen molar-refractivity contribution in [2.75, 3.05) is 0 Å². The molecule has 2 heteroatoms. The maximum atomic E-state index is 10.5. The second-order valence-electron chi connectivity index (χ2n) is 4.22. The quantitative estimate of drug-likeness (QED) is 0.672. The summed E-state index contributed by atoms with van der Waals surface area (Å²) in [6.07, 6.45) is 6.64. The third-order valence-corrected chi connectivity index (χ3v) is 2.90. The molecule has 0 heterocycles. The number of hydrogen-bond donors (Lipinski definition) is 1. The summed E-state index contributed by atoms with van der Waals surface area (Å²) < 4.78 is 0. The van der Waals surface area contributed by atoms with Gasteiger partial charge < -0.3 is 5.11 Å². The molecule has 0 aliphatic heterocycles. The van der Waals surface area contributed by atoms with Gasteiger partial charge >= 0.3 is 5.97 Å². The monoisotopic (exact) mass is 154 g/mol. The average Bonchev–Trinajstić information content (AvgIpc) is 2.71. The van der Waals surface area contributed by atoms with Crippen LogP contribution < -0.4 is 0 Å². The number of hydrogen-bond acceptors (Lipinski definition) is 1. The molecule has 0 atom stereocenters. The molecule has 2 aliphatic rings. The third kappa shape index (κ3) is 1.73. The van der Waals surface area contributed by atoms with Crippen molar-refractivity contribution in [2.45, 2.75) is 38.5 Å². The molecule has 0 bridgehead atoms. The van der Waals surface area contributed by atoms with Gasteiger partial charge in [-0.2, -0.15) is 0 Å². The summed E-state index contributed by atoms with van der Waals surface area (Å²) in [5.41, 5.74) is 0.257. The first kappa shape index (κ1) is 7.14. The Balaban J connectivity index is 1.82. The first-order valence-electron chi connectivity index (χ1n) is 4.42. The Kier molecular flexibility index (Phi) is 1.44. The molecule has 0 aromatic rings. The van der Waals surface area contributed by atoms with E-state index in [-0.39, 0.29) is 5.41 Å². The molecule has 0 radical (unpaired) electrons. The predicted molar refractivity (Wildman–Crippen MR) is 41.3 cm³/mol. The van der Waals surface area contributed by atoms with Crippen molar-refractivity contribution in [3.8, 4) is 0 Å². The van der Waals surface area contributed by atoms with E-state index in [0.29, 0.717) is 6.42 Å². The van der Waals surface area contributed by atoms with Crippen LogP contribution in [0.1, 0.15) is 38.5 Å². The lowest BCUT2D eigenvalue weighted by atomic mass is 9.95. The molecule has 2 fully saturated rings. The van der Waals surface area contributed by atoms with Gasteiger partial charge in [-0.15, -0.1) is 0 Å². The summed E-state index contributed by atoms with van der Waals surface area (Å²) in [6, 6.07) is 0. The minimum absolute atomic E-state index is 0.257. The average molecular weight is 154 g/mol. The molecule has 0 unspecified atom stereocenters. The smallest absolute Gasteiger partial charge is 0.303 e. The van der Waals surface area contributed by atoms with Crippen LogP contribution in [-0.2, 0) is 4.79 Å². The van der Waals surface area contributed by atoms with Gasteiger partial charge in [-0.05, 0) is 30.6 Å². The molecule has 0 spiro atoms. The first-order chi connectivity index (χ1) is 5.20. The third-order valence-electron chi connectivity index (χ3n) is 2.90. The summed E-state index contributed by atoms with van der Waals surface area (Å²) in [5.74, 6) is 0.278. The van der Waals surface area contributed by atoms with E-state index in [1.807, 2.05) is 0 Å². The highest BCUT2D eigenvalue weighted by Gasteiger charge is 2.47. The van der Waals surface area contributed by atoms with Crippen LogP contribution in [0.25, 0.3) is 0 Å². The van der Waals surface area contributed by atoms with Gasteiger partial charge in [-0.25, -0.2) is 0 Å². The van der Waals surface area contributed by atoms with Gasteiger partial charge in [0.25, 0.3) is 0 Å². The van der Waals surface area contributed by atoms with Crippen molar-refractivity contribution in [1.82, 2.24) is 0 Å². The summed E-state index contributed by atoms with van der Waals surface area (Å²) in [4.78, 5) is 10.5. The number of carboxylic acids is 1. The molecule has 0 amide bonds. The van der Waals surface area contributed by atoms with Gasteiger partial charge in [0, 0.05) is 0 Å². The van der Waals surface area contributed by atoms with Crippen molar-refractivity contribution in [1.29, 1.82) is 0 Å². The highest BCUT2D eigenvalue weighted by Crippen LogP contribution is 2.57. The maximum Gasteiger partial charge on any atom is 0.303 e. The Morgan fingerprint density at radius 3 is 2.45 bits per heavy atom. The van der Waals surface area contributed by atoms with Crippen LogP contribution in [0, 0.1) is 11.3 Å². The molecule has 0 saturated heterocycles. The number of carboxylic acid groups (broad SMARTS) is 1. The van der Waals surface area contributed by atoms with Crippen molar-refractivity contribution in [3.05, 3.63) is 0 Å². The molecule has 2 nitrogen and oxygen atoms in total. The fourth-order valence-electron chi connectivity index (χ4n) is 1.88. The summed E-state index contributed by atoms with van der Waals surface area (Å²) >= 11 is 0. The Labute approximate surface area is 66.6 Å². The van der Waals surface area contributed by atoms with Gasteiger partial charge in [-0.3, -0.25) is 4.79 Å². The van der Waals surface area contributed by atoms with Crippen molar-refractivity contribution in [2.24, 2.45) is 11.3 Å². The second-order valence-corrected chi connectivity index (χ2v) is 4.22. The Hall–Kier alpha value is -0.530. The van der Waals surface area contributed by atoms with Gasteiger partial charge in [-0.1, -0.05) is 12.8 Å². The van der Waals surface area contributed by atoms with Crippen molar-refractivity contribution < 1.29 is 9.90 Å². The summed E-state index contributed by atoms with van der Waals surface area (Å²) in [7, 11) is 0. The van der Waals surface area contributed by atoms with Gasteiger partial charge in [0.2, 0.25) is 0 Å². The minimum Gasteiger partial charge on any atom is -0.481 e. The second kappa shape index (κ2) is 2.23. The van der Waals surface area contributed by atoms with E-state index >= 15 is 0 Å². The highest BCUT2D eigenvalue weighted by atomic mass is 16.4. The van der Waals surface area contributed by atoms with Crippen LogP contribution in [0.4, 0.5) is 0 Å².